The molecule has 6 heteroatoms. The van der Waals surface area contributed by atoms with Crippen LogP contribution in [0.2, 0.25) is 0 Å². The molecular weight excluding hydrogens is 392 g/mol. The van der Waals surface area contributed by atoms with Gasteiger partial charge in [0.15, 0.2) is 12.3 Å². The van der Waals surface area contributed by atoms with Crippen molar-refractivity contribution in [1.29, 1.82) is 0 Å². The molecule has 2 aromatic carbocycles. The van der Waals surface area contributed by atoms with Crippen molar-refractivity contribution in [1.82, 2.24) is 9.78 Å². The van der Waals surface area contributed by atoms with Crippen molar-refractivity contribution in [2.75, 3.05) is 6.61 Å². The highest BCUT2D eigenvalue weighted by Crippen LogP contribution is 2.22. The highest BCUT2D eigenvalue weighted by Gasteiger charge is 2.21. The Morgan fingerprint density at radius 2 is 1.65 bits per heavy atom. The van der Waals surface area contributed by atoms with Crippen LogP contribution in [0.5, 0.6) is 0 Å². The van der Waals surface area contributed by atoms with Crippen LogP contribution in [0.15, 0.2) is 35.1 Å². The van der Waals surface area contributed by atoms with Crippen LogP contribution in [0.4, 0.5) is 0 Å². The van der Waals surface area contributed by atoms with E-state index in [1.54, 1.807) is 24.3 Å². The van der Waals surface area contributed by atoms with Gasteiger partial charge in [-0.05, 0) is 61.9 Å². The van der Waals surface area contributed by atoms with Gasteiger partial charge in [0.2, 0.25) is 5.78 Å². The number of aromatic nitrogens is 2. The Kier molecular flexibility index (Phi) is 6.39. The van der Waals surface area contributed by atoms with Gasteiger partial charge in [-0.3, -0.25) is 9.59 Å². The molecule has 1 heterocycles. The van der Waals surface area contributed by atoms with Gasteiger partial charge in [-0.2, -0.15) is 5.10 Å². The van der Waals surface area contributed by atoms with Crippen molar-refractivity contribution in [2.45, 2.75) is 48.1 Å². The third kappa shape index (κ3) is 4.43. The van der Waals surface area contributed by atoms with Crippen LogP contribution in [-0.4, -0.2) is 28.1 Å². The summed E-state index contributed by atoms with van der Waals surface area (Å²) >= 11 is 0. The zero-order valence-electron chi connectivity index (χ0n) is 18.9. The van der Waals surface area contributed by atoms with E-state index in [0.29, 0.717) is 22.9 Å². The number of rotatable bonds is 6. The smallest absolute Gasteiger partial charge is 0.359 e. The molecule has 0 amide bonds. The molecule has 0 N–H and O–H groups in total. The fraction of sp³-hybridized carbons (Fsp3) is 0.360. The molecule has 0 aliphatic heterocycles. The molecule has 1 aromatic heterocycles. The van der Waals surface area contributed by atoms with Crippen molar-refractivity contribution >= 4 is 22.5 Å². The Hall–Kier alpha value is -3.28. The zero-order valence-corrected chi connectivity index (χ0v) is 18.9. The Labute approximate surface area is 181 Å². The van der Waals surface area contributed by atoms with Crippen LogP contribution in [0.25, 0.3) is 10.8 Å². The molecule has 6 nitrogen and oxygen atoms in total. The summed E-state index contributed by atoms with van der Waals surface area (Å²) in [7, 11) is 0. The third-order valence-corrected chi connectivity index (χ3v) is 5.57. The highest BCUT2D eigenvalue weighted by molar-refractivity contribution is 6.05. The van der Waals surface area contributed by atoms with Crippen LogP contribution in [0.1, 0.15) is 56.9 Å². The summed E-state index contributed by atoms with van der Waals surface area (Å²) < 4.78 is 6.66. The van der Waals surface area contributed by atoms with E-state index in [0.717, 1.165) is 22.3 Å². The lowest BCUT2D eigenvalue weighted by Crippen LogP contribution is -2.28. The van der Waals surface area contributed by atoms with Gasteiger partial charge < -0.3 is 4.74 Å². The Balaban J connectivity index is 1.93. The van der Waals surface area contributed by atoms with Gasteiger partial charge in [-0.1, -0.05) is 38.1 Å². The molecule has 0 aliphatic carbocycles. The van der Waals surface area contributed by atoms with Gasteiger partial charge in [0, 0.05) is 17.5 Å². The van der Waals surface area contributed by atoms with Gasteiger partial charge >= 0.3 is 5.97 Å². The van der Waals surface area contributed by atoms with Crippen molar-refractivity contribution in [2.24, 2.45) is 5.92 Å². The third-order valence-electron chi connectivity index (χ3n) is 5.57. The number of Topliss-reactive ketones (excluding diaryl/α,β-unsaturated/α-hetero) is 1. The molecule has 0 fully saturated rings. The number of hydrogen-bond donors (Lipinski definition) is 0. The average molecular weight is 421 g/mol. The Morgan fingerprint density at radius 3 is 2.29 bits per heavy atom. The second-order valence-electron chi connectivity index (χ2n) is 8.41. The van der Waals surface area contributed by atoms with E-state index < -0.39 is 5.97 Å². The molecule has 0 atom stereocenters. The van der Waals surface area contributed by atoms with Gasteiger partial charge in [0.05, 0.1) is 5.39 Å². The van der Waals surface area contributed by atoms with E-state index in [4.69, 9.17) is 4.74 Å². The van der Waals surface area contributed by atoms with E-state index in [9.17, 15) is 14.4 Å². The number of aryl methyl sites for hydroxylation is 2. The van der Waals surface area contributed by atoms with Gasteiger partial charge in [0.25, 0.3) is 5.56 Å². The lowest BCUT2D eigenvalue weighted by Gasteiger charge is -2.15. The van der Waals surface area contributed by atoms with Gasteiger partial charge in [-0.15, -0.1) is 0 Å². The first kappa shape index (κ1) is 22.4. The number of carbonyl (C=O) groups excluding carboxylic acids is 2. The van der Waals surface area contributed by atoms with Crippen molar-refractivity contribution in [3.63, 3.8) is 0 Å². The van der Waals surface area contributed by atoms with Crippen molar-refractivity contribution in [3.8, 4) is 0 Å². The lowest BCUT2D eigenvalue weighted by atomic mass is 9.92. The summed E-state index contributed by atoms with van der Waals surface area (Å²) in [4.78, 5) is 38.5. The molecule has 0 spiro atoms. The molecule has 0 aliphatic rings. The van der Waals surface area contributed by atoms with Gasteiger partial charge in [-0.25, -0.2) is 9.48 Å². The first-order valence-electron chi connectivity index (χ1n) is 10.4. The summed E-state index contributed by atoms with van der Waals surface area (Å²) in [6, 6.07) is 8.78. The largest absolute Gasteiger partial charge is 0.452 e. The van der Waals surface area contributed by atoms with E-state index in [2.05, 4.69) is 5.10 Å². The standard InChI is InChI=1S/C25H28N2O4/c1-14(2)12-27-24(29)20-10-8-7-9-19(20)23(26-27)25(30)31-13-21(28)22-16(4)11-15(3)17(5)18(22)6/h7-11,14H,12-13H2,1-6H3. The maximum absolute atomic E-state index is 12.9. The number of nitrogens with zero attached hydrogens (tertiary/aromatic N) is 2. The van der Waals surface area contributed by atoms with Gasteiger partial charge in [0.1, 0.15) is 0 Å². The van der Waals surface area contributed by atoms with E-state index in [1.807, 2.05) is 47.6 Å². The molecule has 31 heavy (non-hydrogen) atoms. The number of carbonyl (C=O) groups is 2. The van der Waals surface area contributed by atoms with Crippen LogP contribution in [-0.2, 0) is 11.3 Å². The Morgan fingerprint density at radius 1 is 1.00 bits per heavy atom. The minimum atomic E-state index is -0.721. The van der Waals surface area contributed by atoms with Crippen LogP contribution >= 0.6 is 0 Å². The predicted octanol–water partition coefficient (Wildman–Crippen LogP) is 4.33. The second kappa shape index (κ2) is 8.84. The zero-order chi connectivity index (χ0) is 22.9. The average Bonchev–Trinajstić information content (AvgIpc) is 2.72. The second-order valence-corrected chi connectivity index (χ2v) is 8.41. The summed E-state index contributed by atoms with van der Waals surface area (Å²) in [5.74, 6) is -0.806. The number of fused-ring (bicyclic) bond motifs is 1. The molecule has 3 aromatic rings. The quantitative estimate of drug-likeness (QED) is 0.438. The number of ether oxygens (including phenoxy) is 1. The predicted molar refractivity (Wildman–Crippen MR) is 121 cm³/mol. The van der Waals surface area contributed by atoms with E-state index in [-0.39, 0.29) is 29.6 Å². The molecule has 0 saturated carbocycles. The molecular formula is C25H28N2O4. The summed E-state index contributed by atoms with van der Waals surface area (Å²) in [6.07, 6.45) is 0. The number of benzene rings is 2. The first-order valence-corrected chi connectivity index (χ1v) is 10.4. The minimum absolute atomic E-state index is 0.0391. The van der Waals surface area contributed by atoms with Crippen LogP contribution in [0, 0.1) is 33.6 Å². The fourth-order valence-electron chi connectivity index (χ4n) is 3.84. The number of hydrogen-bond acceptors (Lipinski definition) is 5. The van der Waals surface area contributed by atoms with Crippen LogP contribution < -0.4 is 5.56 Å². The van der Waals surface area contributed by atoms with Crippen LogP contribution in [0.3, 0.4) is 0 Å². The number of ketones is 1. The molecule has 0 bridgehead atoms. The molecule has 0 saturated heterocycles. The summed E-state index contributed by atoms with van der Waals surface area (Å²) in [6.45, 7) is 11.7. The minimum Gasteiger partial charge on any atom is -0.452 e. The molecule has 0 unspecified atom stereocenters. The molecule has 3 rings (SSSR count). The SMILES string of the molecule is Cc1cc(C)c(C(=O)COC(=O)c2nn(CC(C)C)c(=O)c3ccccc23)c(C)c1C. The lowest BCUT2D eigenvalue weighted by molar-refractivity contribution is 0.0468. The normalized spacial score (nSPS) is 11.2. The van der Waals surface area contributed by atoms with Crippen molar-refractivity contribution < 1.29 is 14.3 Å². The maximum atomic E-state index is 12.9. The topological polar surface area (TPSA) is 78.3 Å². The Bertz CT molecular complexity index is 1240. The molecule has 162 valence electrons. The van der Waals surface area contributed by atoms with E-state index >= 15 is 0 Å². The fourth-order valence-corrected chi connectivity index (χ4v) is 3.84. The monoisotopic (exact) mass is 420 g/mol. The summed E-state index contributed by atoms with van der Waals surface area (Å²) in [5, 5.41) is 5.09. The number of esters is 1. The van der Waals surface area contributed by atoms with Crippen molar-refractivity contribution in [3.05, 3.63) is 74.2 Å². The molecule has 0 radical (unpaired) electrons. The maximum Gasteiger partial charge on any atom is 0.359 e. The summed E-state index contributed by atoms with van der Waals surface area (Å²) in [5.41, 5.74) is 4.29. The van der Waals surface area contributed by atoms with E-state index in [1.165, 1.54) is 4.68 Å². The first-order chi connectivity index (χ1) is 14.6. The highest BCUT2D eigenvalue weighted by atomic mass is 16.5.